The Morgan fingerprint density at radius 1 is 0.905 bits per heavy atom. The maximum absolute atomic E-state index is 9.21. The maximum Gasteiger partial charge on any atom is 0.101 e. The monoisotopic (exact) mass is 297 g/mol. The Bertz CT molecular complexity index is 670. The average molecular weight is 298 g/mol. The van der Waals surface area contributed by atoms with E-state index < -0.39 is 0 Å². The number of anilines is 2. The smallest absolute Gasteiger partial charge is 0.101 e. The van der Waals surface area contributed by atoms with Crippen molar-refractivity contribution in [3.8, 4) is 6.07 Å². The summed E-state index contributed by atoms with van der Waals surface area (Å²) in [6.07, 6.45) is 0. The summed E-state index contributed by atoms with van der Waals surface area (Å²) in [6.45, 7) is 3.68. The molecule has 0 N–H and O–H groups in total. The summed E-state index contributed by atoms with van der Waals surface area (Å²) in [4.78, 5) is 4.61. The van der Waals surface area contributed by atoms with Crippen LogP contribution in [0.1, 0.15) is 5.56 Å². The van der Waals surface area contributed by atoms with Gasteiger partial charge in [-0.1, -0.05) is 29.8 Å². The van der Waals surface area contributed by atoms with Gasteiger partial charge in [-0.05, 0) is 30.3 Å². The van der Waals surface area contributed by atoms with Crippen LogP contribution in [0.25, 0.3) is 0 Å². The zero-order valence-corrected chi connectivity index (χ0v) is 12.4. The molecule has 2 aromatic rings. The van der Waals surface area contributed by atoms with Crippen molar-refractivity contribution >= 4 is 23.0 Å². The third kappa shape index (κ3) is 2.96. The van der Waals surface area contributed by atoms with Crippen molar-refractivity contribution in [3.63, 3.8) is 0 Å². The fourth-order valence-corrected chi connectivity index (χ4v) is 2.91. The lowest BCUT2D eigenvalue weighted by Crippen LogP contribution is -2.46. The van der Waals surface area contributed by atoms with E-state index in [0.717, 1.165) is 48.1 Å². The van der Waals surface area contributed by atoms with Gasteiger partial charge in [0.15, 0.2) is 0 Å². The van der Waals surface area contributed by atoms with Gasteiger partial charge < -0.3 is 9.80 Å². The lowest BCUT2D eigenvalue weighted by Gasteiger charge is -2.37. The second kappa shape index (κ2) is 6.07. The molecular weight excluding hydrogens is 282 g/mol. The van der Waals surface area contributed by atoms with Gasteiger partial charge in [0.2, 0.25) is 0 Å². The highest BCUT2D eigenvalue weighted by atomic mass is 35.5. The van der Waals surface area contributed by atoms with Gasteiger partial charge in [-0.3, -0.25) is 0 Å². The first-order valence-electron chi connectivity index (χ1n) is 7.02. The molecule has 4 heteroatoms. The molecule has 0 bridgehead atoms. The Morgan fingerprint density at radius 3 is 2.33 bits per heavy atom. The lowest BCUT2D eigenvalue weighted by atomic mass is 10.1. The van der Waals surface area contributed by atoms with E-state index in [1.54, 1.807) is 0 Å². The van der Waals surface area contributed by atoms with Crippen LogP contribution in [0.15, 0.2) is 48.5 Å². The van der Waals surface area contributed by atoms with Crippen LogP contribution in [0.4, 0.5) is 11.4 Å². The summed E-state index contributed by atoms with van der Waals surface area (Å²) < 4.78 is 0. The third-order valence-electron chi connectivity index (χ3n) is 3.82. The predicted molar refractivity (Wildman–Crippen MR) is 87.0 cm³/mol. The van der Waals surface area contributed by atoms with Crippen molar-refractivity contribution in [2.45, 2.75) is 0 Å². The highest BCUT2D eigenvalue weighted by Gasteiger charge is 2.19. The van der Waals surface area contributed by atoms with Crippen molar-refractivity contribution in [1.82, 2.24) is 0 Å². The molecule has 0 aromatic heterocycles. The van der Waals surface area contributed by atoms with E-state index in [2.05, 4.69) is 21.9 Å². The first-order chi connectivity index (χ1) is 10.3. The molecule has 0 aliphatic carbocycles. The average Bonchev–Trinajstić information content (AvgIpc) is 2.55. The van der Waals surface area contributed by atoms with Crippen molar-refractivity contribution < 1.29 is 0 Å². The molecule has 3 rings (SSSR count). The number of nitrogens with zero attached hydrogens (tertiary/aromatic N) is 3. The van der Waals surface area contributed by atoms with Crippen LogP contribution in [0.3, 0.4) is 0 Å². The van der Waals surface area contributed by atoms with Gasteiger partial charge in [0.1, 0.15) is 6.07 Å². The lowest BCUT2D eigenvalue weighted by molar-refractivity contribution is 0.653. The Labute approximate surface area is 130 Å². The molecule has 0 radical (unpaired) electrons. The second-order valence-electron chi connectivity index (χ2n) is 5.08. The quantitative estimate of drug-likeness (QED) is 0.849. The molecule has 1 aliphatic rings. The number of piperazine rings is 1. The highest BCUT2D eigenvalue weighted by Crippen LogP contribution is 2.24. The molecule has 1 heterocycles. The molecule has 21 heavy (non-hydrogen) atoms. The van der Waals surface area contributed by atoms with Crippen LogP contribution >= 0.6 is 11.6 Å². The summed E-state index contributed by atoms with van der Waals surface area (Å²) >= 11 is 6.06. The summed E-state index contributed by atoms with van der Waals surface area (Å²) in [7, 11) is 0. The normalized spacial score (nSPS) is 14.9. The minimum atomic E-state index is 0.744. The van der Waals surface area contributed by atoms with E-state index in [4.69, 9.17) is 11.6 Å². The molecule has 106 valence electrons. The van der Waals surface area contributed by atoms with Crippen LogP contribution in [0.2, 0.25) is 5.02 Å². The van der Waals surface area contributed by atoms with Gasteiger partial charge in [0.05, 0.1) is 11.3 Å². The Morgan fingerprint density at radius 2 is 1.62 bits per heavy atom. The van der Waals surface area contributed by atoms with Crippen LogP contribution in [0, 0.1) is 11.3 Å². The van der Waals surface area contributed by atoms with E-state index in [0.29, 0.717) is 0 Å². The van der Waals surface area contributed by atoms with Crippen LogP contribution in [-0.2, 0) is 0 Å². The summed E-state index contributed by atoms with van der Waals surface area (Å²) in [5.74, 6) is 0. The zero-order valence-electron chi connectivity index (χ0n) is 11.7. The van der Waals surface area contributed by atoms with Crippen LogP contribution in [-0.4, -0.2) is 26.2 Å². The Hall–Kier alpha value is -2.18. The molecule has 0 spiro atoms. The number of para-hydroxylation sites is 1. The SMILES string of the molecule is N#Cc1ccccc1N1CCN(c2cccc(Cl)c2)CC1. The summed E-state index contributed by atoms with van der Waals surface area (Å²) in [5.41, 5.74) is 2.94. The van der Waals surface area contributed by atoms with Crippen LogP contribution < -0.4 is 9.80 Å². The molecule has 0 amide bonds. The predicted octanol–water partition coefficient (Wildman–Crippen LogP) is 3.54. The molecule has 1 fully saturated rings. The molecular formula is C17H16ClN3. The van der Waals surface area contributed by atoms with E-state index >= 15 is 0 Å². The van der Waals surface area contributed by atoms with Crippen LogP contribution in [0.5, 0.6) is 0 Å². The van der Waals surface area contributed by atoms with Gasteiger partial charge in [0, 0.05) is 36.9 Å². The van der Waals surface area contributed by atoms with Gasteiger partial charge in [0.25, 0.3) is 0 Å². The van der Waals surface area contributed by atoms with Crippen molar-refractivity contribution in [3.05, 3.63) is 59.1 Å². The minimum absolute atomic E-state index is 0.744. The number of hydrogen-bond donors (Lipinski definition) is 0. The van der Waals surface area contributed by atoms with Gasteiger partial charge in [-0.25, -0.2) is 0 Å². The summed E-state index contributed by atoms with van der Waals surface area (Å²) in [6, 6.07) is 18.0. The first-order valence-corrected chi connectivity index (χ1v) is 7.40. The van der Waals surface area contributed by atoms with Crippen molar-refractivity contribution in [1.29, 1.82) is 5.26 Å². The Kier molecular flexibility index (Phi) is 3.98. The number of nitriles is 1. The van der Waals surface area contributed by atoms with Gasteiger partial charge >= 0.3 is 0 Å². The Balaban J connectivity index is 1.72. The van der Waals surface area contributed by atoms with E-state index in [9.17, 15) is 5.26 Å². The minimum Gasteiger partial charge on any atom is -0.368 e. The fourth-order valence-electron chi connectivity index (χ4n) is 2.72. The third-order valence-corrected chi connectivity index (χ3v) is 4.05. The first kappa shape index (κ1) is 13.8. The fraction of sp³-hybridized carbons (Fsp3) is 0.235. The maximum atomic E-state index is 9.21. The molecule has 3 nitrogen and oxygen atoms in total. The highest BCUT2D eigenvalue weighted by molar-refractivity contribution is 6.30. The van der Waals surface area contributed by atoms with Crippen molar-refractivity contribution in [2.24, 2.45) is 0 Å². The van der Waals surface area contributed by atoms with E-state index in [-0.39, 0.29) is 0 Å². The van der Waals surface area contributed by atoms with Crippen molar-refractivity contribution in [2.75, 3.05) is 36.0 Å². The molecule has 0 unspecified atom stereocenters. The standard InChI is InChI=1S/C17H16ClN3/c18-15-5-3-6-16(12-15)20-8-10-21(11-9-20)17-7-2-1-4-14(17)13-19/h1-7,12H,8-11H2. The molecule has 1 saturated heterocycles. The topological polar surface area (TPSA) is 30.3 Å². The molecule has 0 saturated carbocycles. The number of rotatable bonds is 2. The molecule has 2 aromatic carbocycles. The zero-order chi connectivity index (χ0) is 14.7. The largest absolute Gasteiger partial charge is 0.368 e. The number of hydrogen-bond acceptors (Lipinski definition) is 3. The van der Waals surface area contributed by atoms with E-state index in [1.165, 1.54) is 0 Å². The number of halogens is 1. The second-order valence-corrected chi connectivity index (χ2v) is 5.52. The number of benzene rings is 2. The molecule has 0 atom stereocenters. The van der Waals surface area contributed by atoms with E-state index in [1.807, 2.05) is 42.5 Å². The summed E-state index contributed by atoms with van der Waals surface area (Å²) in [5, 5.41) is 9.98. The van der Waals surface area contributed by atoms with Gasteiger partial charge in [-0.15, -0.1) is 0 Å². The van der Waals surface area contributed by atoms with Gasteiger partial charge in [-0.2, -0.15) is 5.26 Å². The molecule has 1 aliphatic heterocycles.